The van der Waals surface area contributed by atoms with Gasteiger partial charge >= 0.3 is 0 Å². The van der Waals surface area contributed by atoms with Crippen LogP contribution in [0.2, 0.25) is 0 Å². The third-order valence-electron chi connectivity index (χ3n) is 4.92. The number of hydrogen-bond donors (Lipinski definition) is 2. The van der Waals surface area contributed by atoms with Crippen LogP contribution in [0.4, 0.5) is 0 Å². The zero-order chi connectivity index (χ0) is 19.4. The lowest BCUT2D eigenvalue weighted by atomic mass is 10.1. The van der Waals surface area contributed by atoms with Crippen LogP contribution in [0, 0.1) is 13.8 Å². The van der Waals surface area contributed by atoms with Crippen molar-refractivity contribution in [3.05, 3.63) is 38.9 Å². The van der Waals surface area contributed by atoms with Crippen molar-refractivity contribution < 1.29 is 19.2 Å². The van der Waals surface area contributed by atoms with Crippen LogP contribution in [0.5, 0.6) is 0 Å². The topological polar surface area (TPSA) is 95.7 Å². The zero-order valence-corrected chi connectivity index (χ0v) is 16.5. The molecule has 2 amide bonds. The van der Waals surface area contributed by atoms with Crippen molar-refractivity contribution in [3.63, 3.8) is 0 Å². The van der Waals surface area contributed by atoms with Crippen molar-refractivity contribution in [2.24, 2.45) is 0 Å². The molecule has 146 valence electrons. The van der Waals surface area contributed by atoms with Crippen LogP contribution in [0.15, 0.2) is 16.7 Å². The number of aliphatic hydroxyl groups excluding tert-OH is 1. The second-order valence-electron chi connectivity index (χ2n) is 6.73. The van der Waals surface area contributed by atoms with Crippen molar-refractivity contribution in [2.75, 3.05) is 19.7 Å². The Labute approximate surface area is 162 Å². The molecule has 1 aliphatic rings. The summed E-state index contributed by atoms with van der Waals surface area (Å²) in [6.45, 7) is 4.66. The van der Waals surface area contributed by atoms with E-state index < -0.39 is 0 Å². The highest BCUT2D eigenvalue weighted by Crippen LogP contribution is 2.36. The summed E-state index contributed by atoms with van der Waals surface area (Å²) in [6.07, 6.45) is 2.93. The van der Waals surface area contributed by atoms with Gasteiger partial charge in [-0.05, 0) is 45.2 Å². The SMILES string of the molecule is Cc1noc(C)c1CCC(=O)N1CCC[C@H]1c1ccc(C(=O)NCCO)s1. The lowest BCUT2D eigenvalue weighted by Gasteiger charge is -2.24. The van der Waals surface area contributed by atoms with Crippen LogP contribution in [0.3, 0.4) is 0 Å². The summed E-state index contributed by atoms with van der Waals surface area (Å²) >= 11 is 1.42. The minimum Gasteiger partial charge on any atom is -0.395 e. The molecule has 0 spiro atoms. The van der Waals surface area contributed by atoms with Crippen LogP contribution >= 0.6 is 11.3 Å². The first-order valence-electron chi connectivity index (χ1n) is 9.21. The zero-order valence-electron chi connectivity index (χ0n) is 15.7. The molecule has 2 aromatic heterocycles. The smallest absolute Gasteiger partial charge is 0.261 e. The normalized spacial score (nSPS) is 16.7. The lowest BCUT2D eigenvalue weighted by Crippen LogP contribution is -2.30. The summed E-state index contributed by atoms with van der Waals surface area (Å²) in [5.41, 5.74) is 1.85. The molecule has 1 aliphatic heterocycles. The number of rotatable bonds is 7. The summed E-state index contributed by atoms with van der Waals surface area (Å²) < 4.78 is 5.17. The molecule has 8 heteroatoms. The van der Waals surface area contributed by atoms with Gasteiger partial charge in [-0.2, -0.15) is 0 Å². The molecule has 1 fully saturated rings. The van der Waals surface area contributed by atoms with Crippen molar-refractivity contribution >= 4 is 23.2 Å². The van der Waals surface area contributed by atoms with Gasteiger partial charge in [0.25, 0.3) is 5.91 Å². The van der Waals surface area contributed by atoms with Crippen LogP contribution in [0.1, 0.15) is 56.9 Å². The molecule has 0 aliphatic carbocycles. The molecule has 7 nitrogen and oxygen atoms in total. The van der Waals surface area contributed by atoms with Gasteiger partial charge in [0.15, 0.2) is 0 Å². The third-order valence-corrected chi connectivity index (χ3v) is 6.10. The Bertz CT molecular complexity index is 794. The number of aryl methyl sites for hydroxylation is 2. The second-order valence-corrected chi connectivity index (χ2v) is 7.84. The van der Waals surface area contributed by atoms with Gasteiger partial charge in [-0.3, -0.25) is 9.59 Å². The summed E-state index contributed by atoms with van der Waals surface area (Å²) in [4.78, 5) is 28.4. The molecule has 0 bridgehead atoms. The minimum atomic E-state index is -0.186. The summed E-state index contributed by atoms with van der Waals surface area (Å²) in [6, 6.07) is 3.76. The van der Waals surface area contributed by atoms with Gasteiger partial charge in [0.05, 0.1) is 23.2 Å². The molecular weight excluding hydrogens is 366 g/mol. The Kier molecular flexibility index (Phi) is 6.28. The molecule has 0 aromatic carbocycles. The number of aromatic nitrogens is 1. The Morgan fingerprint density at radius 3 is 2.93 bits per heavy atom. The molecule has 2 N–H and O–H groups in total. The molecule has 3 heterocycles. The first kappa shape index (κ1) is 19.6. The van der Waals surface area contributed by atoms with Crippen LogP contribution in [0.25, 0.3) is 0 Å². The molecule has 1 atom stereocenters. The Hall–Kier alpha value is -2.19. The molecule has 1 saturated heterocycles. The van der Waals surface area contributed by atoms with E-state index in [-0.39, 0.29) is 31.0 Å². The monoisotopic (exact) mass is 391 g/mol. The average Bonchev–Trinajstić information content (AvgIpc) is 3.38. The minimum absolute atomic E-state index is 0.0339. The van der Waals surface area contributed by atoms with Crippen molar-refractivity contribution in [1.82, 2.24) is 15.4 Å². The van der Waals surface area contributed by atoms with Crippen molar-refractivity contribution in [2.45, 2.75) is 45.6 Å². The third kappa shape index (κ3) is 4.39. The quantitative estimate of drug-likeness (QED) is 0.755. The molecule has 27 heavy (non-hydrogen) atoms. The van der Waals surface area contributed by atoms with E-state index in [9.17, 15) is 9.59 Å². The van der Waals surface area contributed by atoms with Gasteiger partial charge in [0.1, 0.15) is 5.76 Å². The highest BCUT2D eigenvalue weighted by atomic mass is 32.1. The fourth-order valence-electron chi connectivity index (χ4n) is 3.51. The molecule has 0 saturated carbocycles. The van der Waals surface area contributed by atoms with Gasteiger partial charge in [-0.1, -0.05) is 5.16 Å². The van der Waals surface area contributed by atoms with Crippen molar-refractivity contribution in [1.29, 1.82) is 0 Å². The number of nitrogens with zero attached hydrogens (tertiary/aromatic N) is 2. The van der Waals surface area contributed by atoms with E-state index >= 15 is 0 Å². The number of nitrogens with one attached hydrogen (secondary N) is 1. The molecule has 0 unspecified atom stereocenters. The van der Waals surface area contributed by atoms with E-state index in [0.717, 1.165) is 41.3 Å². The Balaban J connectivity index is 1.64. The van der Waals surface area contributed by atoms with Crippen LogP contribution < -0.4 is 5.32 Å². The van der Waals surface area contributed by atoms with Gasteiger partial charge in [-0.25, -0.2) is 0 Å². The van der Waals surface area contributed by atoms with Crippen LogP contribution in [-0.4, -0.2) is 46.7 Å². The van der Waals surface area contributed by atoms with E-state index in [4.69, 9.17) is 9.63 Å². The number of likely N-dealkylation sites (tertiary alicyclic amines) is 1. The number of hydrogen-bond acceptors (Lipinski definition) is 6. The molecule has 0 radical (unpaired) electrons. The highest BCUT2D eigenvalue weighted by molar-refractivity contribution is 7.14. The highest BCUT2D eigenvalue weighted by Gasteiger charge is 2.31. The summed E-state index contributed by atoms with van der Waals surface area (Å²) in [5, 5.41) is 15.4. The maximum atomic E-state index is 12.8. The van der Waals surface area contributed by atoms with Crippen molar-refractivity contribution in [3.8, 4) is 0 Å². The number of aliphatic hydroxyl groups is 1. The molecule has 2 aromatic rings. The van der Waals surface area contributed by atoms with Crippen LogP contribution in [-0.2, 0) is 11.2 Å². The Morgan fingerprint density at radius 1 is 1.41 bits per heavy atom. The summed E-state index contributed by atoms with van der Waals surface area (Å²) in [7, 11) is 0. The first-order valence-corrected chi connectivity index (χ1v) is 10.0. The average molecular weight is 391 g/mol. The molecular formula is C19H25N3O4S. The lowest BCUT2D eigenvalue weighted by molar-refractivity contribution is -0.132. The standard InChI is InChI=1S/C19H25N3O4S/c1-12-14(13(2)26-21-12)5-8-18(24)22-10-3-4-15(22)16-6-7-17(27-16)19(25)20-9-11-23/h6-7,15,23H,3-5,8-11H2,1-2H3,(H,20,25)/t15-/m0/s1. The number of thiophene rings is 1. The van der Waals surface area contributed by atoms with Gasteiger partial charge < -0.3 is 19.8 Å². The predicted octanol–water partition coefficient (Wildman–Crippen LogP) is 2.37. The molecule has 3 rings (SSSR count). The van der Waals surface area contributed by atoms with E-state index in [1.807, 2.05) is 24.8 Å². The number of amides is 2. The number of carbonyl (C=O) groups excluding carboxylic acids is 2. The van der Waals surface area contributed by atoms with Gasteiger partial charge in [0.2, 0.25) is 5.91 Å². The second kappa shape index (κ2) is 8.67. The van der Waals surface area contributed by atoms with E-state index in [0.29, 0.717) is 17.7 Å². The van der Waals surface area contributed by atoms with E-state index in [2.05, 4.69) is 10.5 Å². The predicted molar refractivity (Wildman–Crippen MR) is 102 cm³/mol. The van der Waals surface area contributed by atoms with Gasteiger partial charge in [0, 0.05) is 30.0 Å². The van der Waals surface area contributed by atoms with E-state index in [1.165, 1.54) is 11.3 Å². The van der Waals surface area contributed by atoms with Gasteiger partial charge in [-0.15, -0.1) is 11.3 Å². The number of carbonyl (C=O) groups is 2. The largest absolute Gasteiger partial charge is 0.395 e. The first-order chi connectivity index (χ1) is 13.0. The maximum Gasteiger partial charge on any atom is 0.261 e. The fourth-order valence-corrected chi connectivity index (χ4v) is 4.58. The fraction of sp³-hybridized carbons (Fsp3) is 0.526. The summed E-state index contributed by atoms with van der Waals surface area (Å²) in [5.74, 6) is 0.710. The Morgan fingerprint density at radius 2 is 2.22 bits per heavy atom. The maximum absolute atomic E-state index is 12.8. The van der Waals surface area contributed by atoms with E-state index in [1.54, 1.807) is 6.07 Å².